The van der Waals surface area contributed by atoms with E-state index in [0.29, 0.717) is 5.56 Å². The van der Waals surface area contributed by atoms with Crippen LogP contribution in [0.3, 0.4) is 0 Å². The third-order valence-corrected chi connectivity index (χ3v) is 3.69. The Morgan fingerprint density at radius 1 is 1.38 bits per heavy atom. The fourth-order valence-corrected chi connectivity index (χ4v) is 2.62. The van der Waals surface area contributed by atoms with E-state index >= 15 is 0 Å². The van der Waals surface area contributed by atoms with Crippen LogP contribution in [0.4, 0.5) is 4.39 Å². The third kappa shape index (κ3) is 2.44. The summed E-state index contributed by atoms with van der Waals surface area (Å²) < 4.78 is 24.1. The first-order chi connectivity index (χ1) is 10.1. The highest BCUT2D eigenvalue weighted by Crippen LogP contribution is 2.32. The van der Waals surface area contributed by atoms with Crippen molar-refractivity contribution in [3.63, 3.8) is 0 Å². The molecule has 0 spiro atoms. The number of hydrogen-bond acceptors (Lipinski definition) is 4. The number of hydrogen-bond donors (Lipinski definition) is 1. The highest BCUT2D eigenvalue weighted by molar-refractivity contribution is 5.87. The Labute approximate surface area is 120 Å². The van der Waals surface area contributed by atoms with E-state index in [2.05, 4.69) is 0 Å². The Balaban J connectivity index is 1.78. The van der Waals surface area contributed by atoms with Gasteiger partial charge in [0.15, 0.2) is 23.7 Å². The average molecular weight is 295 g/mol. The standard InChI is InChI=1S/C14H14FNO5/c15-9-3-1-2-8-6-11(21-12(8)9)13(17)16-4-5-20-7-10(16)14(18)19/h1-3,10-11H,4-7H2,(H,18,19)/t10-,11-/m1/s1. The SMILES string of the molecule is O=C(O)[C@H]1COCCN1C(=O)[C@H]1Cc2cccc(F)c2O1. The molecule has 1 amide bonds. The number of nitrogens with zero attached hydrogens (tertiary/aromatic N) is 1. The van der Waals surface area contributed by atoms with Crippen molar-refractivity contribution in [2.24, 2.45) is 0 Å². The van der Waals surface area contributed by atoms with Crippen molar-refractivity contribution < 1.29 is 28.6 Å². The van der Waals surface area contributed by atoms with Crippen LogP contribution in [-0.4, -0.2) is 53.8 Å². The molecule has 1 fully saturated rings. The summed E-state index contributed by atoms with van der Waals surface area (Å²) in [6.07, 6.45) is -0.632. The number of amides is 1. The first kappa shape index (κ1) is 13.8. The molecule has 3 rings (SSSR count). The van der Waals surface area contributed by atoms with Crippen LogP contribution in [0.1, 0.15) is 5.56 Å². The number of para-hydroxylation sites is 1. The van der Waals surface area contributed by atoms with Gasteiger partial charge >= 0.3 is 5.97 Å². The van der Waals surface area contributed by atoms with E-state index in [1.165, 1.54) is 11.0 Å². The summed E-state index contributed by atoms with van der Waals surface area (Å²) in [5.41, 5.74) is 0.619. The first-order valence-electron chi connectivity index (χ1n) is 6.63. The average Bonchev–Trinajstić information content (AvgIpc) is 2.92. The topological polar surface area (TPSA) is 76.1 Å². The molecule has 2 aliphatic heterocycles. The molecule has 0 radical (unpaired) electrons. The Kier molecular flexibility index (Phi) is 3.50. The van der Waals surface area contributed by atoms with E-state index in [1.54, 1.807) is 12.1 Å². The molecule has 0 aromatic heterocycles. The van der Waals surface area contributed by atoms with Gasteiger partial charge in [-0.3, -0.25) is 4.79 Å². The Morgan fingerprint density at radius 3 is 2.90 bits per heavy atom. The zero-order chi connectivity index (χ0) is 15.0. The van der Waals surface area contributed by atoms with Crippen LogP contribution in [0.15, 0.2) is 18.2 Å². The third-order valence-electron chi connectivity index (χ3n) is 3.69. The summed E-state index contributed by atoms with van der Waals surface area (Å²) in [6, 6.07) is 3.49. The smallest absolute Gasteiger partial charge is 0.328 e. The molecular formula is C14H14FNO5. The summed E-state index contributed by atoms with van der Waals surface area (Å²) in [6.45, 7) is 0.424. The second kappa shape index (κ2) is 5.33. The molecule has 0 aliphatic carbocycles. The predicted molar refractivity (Wildman–Crippen MR) is 68.5 cm³/mol. The second-order valence-electron chi connectivity index (χ2n) is 5.00. The summed E-state index contributed by atoms with van der Waals surface area (Å²) in [4.78, 5) is 24.9. The molecule has 1 N–H and O–H groups in total. The summed E-state index contributed by atoms with van der Waals surface area (Å²) in [7, 11) is 0. The van der Waals surface area contributed by atoms with Crippen LogP contribution in [-0.2, 0) is 20.7 Å². The molecule has 112 valence electrons. The molecule has 6 nitrogen and oxygen atoms in total. The van der Waals surface area contributed by atoms with Gasteiger partial charge in [0, 0.05) is 18.5 Å². The molecule has 2 heterocycles. The van der Waals surface area contributed by atoms with Gasteiger partial charge in [-0.25, -0.2) is 9.18 Å². The largest absolute Gasteiger partial charge is 0.480 e. The molecule has 7 heteroatoms. The van der Waals surface area contributed by atoms with Gasteiger partial charge in [0.25, 0.3) is 5.91 Å². The van der Waals surface area contributed by atoms with Gasteiger partial charge in [-0.15, -0.1) is 0 Å². The molecule has 0 unspecified atom stereocenters. The van der Waals surface area contributed by atoms with Gasteiger partial charge in [0.2, 0.25) is 0 Å². The van der Waals surface area contributed by atoms with Crippen molar-refractivity contribution in [2.45, 2.75) is 18.6 Å². The molecular weight excluding hydrogens is 281 g/mol. The van der Waals surface area contributed by atoms with E-state index in [9.17, 15) is 14.0 Å². The zero-order valence-corrected chi connectivity index (χ0v) is 11.1. The van der Waals surface area contributed by atoms with Crippen LogP contribution in [0.5, 0.6) is 5.75 Å². The van der Waals surface area contributed by atoms with E-state index in [1.807, 2.05) is 0 Å². The van der Waals surface area contributed by atoms with E-state index < -0.39 is 29.8 Å². The number of morpholine rings is 1. The highest BCUT2D eigenvalue weighted by atomic mass is 19.1. The maximum Gasteiger partial charge on any atom is 0.328 e. The van der Waals surface area contributed by atoms with Crippen LogP contribution < -0.4 is 4.74 Å². The molecule has 0 bridgehead atoms. The maximum atomic E-state index is 13.6. The molecule has 2 atom stereocenters. The van der Waals surface area contributed by atoms with Gasteiger partial charge in [-0.05, 0) is 6.07 Å². The number of carbonyl (C=O) groups is 2. The number of ether oxygens (including phenoxy) is 2. The minimum absolute atomic E-state index is 0.0465. The van der Waals surface area contributed by atoms with Gasteiger partial charge in [-0.2, -0.15) is 0 Å². The van der Waals surface area contributed by atoms with Crippen molar-refractivity contribution in [2.75, 3.05) is 19.8 Å². The van der Waals surface area contributed by atoms with Gasteiger partial charge in [-0.1, -0.05) is 12.1 Å². The van der Waals surface area contributed by atoms with E-state index in [-0.39, 0.29) is 31.9 Å². The van der Waals surface area contributed by atoms with Crippen molar-refractivity contribution in [1.82, 2.24) is 4.90 Å². The summed E-state index contributed by atoms with van der Waals surface area (Å²) >= 11 is 0. The van der Waals surface area contributed by atoms with Crippen LogP contribution in [0.2, 0.25) is 0 Å². The van der Waals surface area contributed by atoms with E-state index in [4.69, 9.17) is 14.6 Å². The van der Waals surface area contributed by atoms with Gasteiger partial charge in [0.1, 0.15) is 0 Å². The number of carboxylic acid groups (broad SMARTS) is 1. The van der Waals surface area contributed by atoms with Crippen molar-refractivity contribution in [3.05, 3.63) is 29.6 Å². The molecule has 1 saturated heterocycles. The van der Waals surface area contributed by atoms with Crippen molar-refractivity contribution in [1.29, 1.82) is 0 Å². The fraction of sp³-hybridized carbons (Fsp3) is 0.429. The lowest BCUT2D eigenvalue weighted by molar-refractivity contribution is -0.161. The summed E-state index contributed by atoms with van der Waals surface area (Å²) in [5, 5.41) is 9.14. The maximum absolute atomic E-state index is 13.6. The summed E-state index contributed by atoms with van der Waals surface area (Å²) in [5.74, 6) is -2.00. The molecule has 21 heavy (non-hydrogen) atoms. The molecule has 1 aromatic rings. The number of aliphatic carboxylic acids is 1. The number of carboxylic acids is 1. The van der Waals surface area contributed by atoms with Gasteiger partial charge in [0.05, 0.1) is 13.2 Å². The number of fused-ring (bicyclic) bond motifs is 1. The minimum Gasteiger partial charge on any atom is -0.480 e. The van der Waals surface area contributed by atoms with Crippen molar-refractivity contribution >= 4 is 11.9 Å². The molecule has 1 aromatic carbocycles. The number of carbonyl (C=O) groups excluding carboxylic acids is 1. The normalized spacial score (nSPS) is 24.3. The van der Waals surface area contributed by atoms with Crippen LogP contribution in [0.25, 0.3) is 0 Å². The number of rotatable bonds is 2. The van der Waals surface area contributed by atoms with Crippen molar-refractivity contribution in [3.8, 4) is 5.75 Å². The Hall–Kier alpha value is -2.15. The highest BCUT2D eigenvalue weighted by Gasteiger charge is 2.40. The minimum atomic E-state index is -1.12. The molecule has 2 aliphatic rings. The second-order valence-corrected chi connectivity index (χ2v) is 5.00. The Morgan fingerprint density at radius 2 is 2.19 bits per heavy atom. The lowest BCUT2D eigenvalue weighted by atomic mass is 10.1. The predicted octanol–water partition coefficient (Wildman–Crippen LogP) is 0.441. The monoisotopic (exact) mass is 295 g/mol. The first-order valence-corrected chi connectivity index (χ1v) is 6.63. The quantitative estimate of drug-likeness (QED) is 0.857. The zero-order valence-electron chi connectivity index (χ0n) is 11.1. The number of benzene rings is 1. The van der Waals surface area contributed by atoms with Crippen LogP contribution >= 0.6 is 0 Å². The fourth-order valence-electron chi connectivity index (χ4n) is 2.62. The van der Waals surface area contributed by atoms with Gasteiger partial charge < -0.3 is 19.5 Å². The number of halogens is 1. The lowest BCUT2D eigenvalue weighted by Crippen LogP contribution is -2.56. The van der Waals surface area contributed by atoms with Crippen LogP contribution in [0, 0.1) is 5.82 Å². The lowest BCUT2D eigenvalue weighted by Gasteiger charge is -2.34. The molecule has 0 saturated carbocycles. The Bertz CT molecular complexity index is 591. The van der Waals surface area contributed by atoms with E-state index in [0.717, 1.165) is 0 Å².